The Morgan fingerprint density at radius 2 is 1.33 bits per heavy atom. The third-order valence-electron chi connectivity index (χ3n) is 6.81. The van der Waals surface area contributed by atoms with Crippen LogP contribution in [0.1, 0.15) is 64.4 Å². The largest absolute Gasteiger partial charge is 0.494 e. The number of esters is 1. The highest BCUT2D eigenvalue weighted by Gasteiger charge is 2.09. The molecule has 4 aromatic rings. The van der Waals surface area contributed by atoms with Gasteiger partial charge in [0.15, 0.2) is 5.78 Å². The number of nitrogens with two attached hydrogens (primary N) is 2. The molecule has 4 aromatic carbocycles. The van der Waals surface area contributed by atoms with Gasteiger partial charge in [0.25, 0.3) is 0 Å². The van der Waals surface area contributed by atoms with Gasteiger partial charge in [-0.15, -0.1) is 0 Å². The number of hydrogen-bond acceptors (Lipinski definition) is 6. The van der Waals surface area contributed by atoms with Crippen LogP contribution in [0, 0.1) is 0 Å². The van der Waals surface area contributed by atoms with Gasteiger partial charge in [-0.1, -0.05) is 80.1 Å². The predicted octanol–water partition coefficient (Wildman–Crippen LogP) is 7.77. The van der Waals surface area contributed by atoms with Crippen LogP contribution in [-0.4, -0.2) is 25.0 Å². The summed E-state index contributed by atoms with van der Waals surface area (Å²) >= 11 is 0. The summed E-state index contributed by atoms with van der Waals surface area (Å²) in [6.07, 6.45) is 8.06. The number of aryl methyl sites for hydroxylation is 1. The van der Waals surface area contributed by atoms with Gasteiger partial charge >= 0.3 is 5.97 Å². The van der Waals surface area contributed by atoms with Gasteiger partial charge in [0, 0.05) is 16.9 Å². The van der Waals surface area contributed by atoms with Crippen molar-refractivity contribution in [1.82, 2.24) is 0 Å². The first-order valence-corrected chi connectivity index (χ1v) is 14.4. The summed E-state index contributed by atoms with van der Waals surface area (Å²) in [5.41, 5.74) is 17.8. The summed E-state index contributed by atoms with van der Waals surface area (Å²) in [6, 6.07) is 28.7. The average Bonchev–Trinajstić information content (AvgIpc) is 3.00. The normalized spacial score (nSPS) is 11.0. The van der Waals surface area contributed by atoms with E-state index in [1.165, 1.54) is 5.56 Å². The van der Waals surface area contributed by atoms with Gasteiger partial charge < -0.3 is 20.9 Å². The van der Waals surface area contributed by atoms with Gasteiger partial charge in [-0.05, 0) is 84.3 Å². The molecule has 0 aliphatic heterocycles. The fourth-order valence-electron chi connectivity index (χ4n) is 4.54. The number of unbranched alkanes of at least 4 members (excludes halogenated alkanes) is 2. The maximum absolute atomic E-state index is 12.7. The quantitative estimate of drug-likeness (QED) is 0.0535. The molecule has 0 saturated heterocycles. The highest BCUT2D eigenvalue weighted by Crippen LogP contribution is 2.22. The monoisotopic (exact) mass is 562 g/mol. The van der Waals surface area contributed by atoms with E-state index in [9.17, 15) is 9.59 Å². The molecule has 0 atom stereocenters. The lowest BCUT2D eigenvalue weighted by Gasteiger charge is -2.08. The Morgan fingerprint density at radius 3 is 1.98 bits per heavy atom. The third kappa shape index (κ3) is 9.10. The van der Waals surface area contributed by atoms with Gasteiger partial charge in [0.1, 0.15) is 5.75 Å². The Morgan fingerprint density at radius 1 is 0.714 bits per heavy atom. The highest BCUT2D eigenvalue weighted by atomic mass is 16.5. The molecule has 4 rings (SSSR count). The summed E-state index contributed by atoms with van der Waals surface area (Å²) in [7, 11) is 0. The number of carbonyl (C=O) groups is 2. The summed E-state index contributed by atoms with van der Waals surface area (Å²) in [6.45, 7) is 3.07. The number of allylic oxidation sites excluding steroid dienone is 1. The van der Waals surface area contributed by atoms with Crippen molar-refractivity contribution in [1.29, 1.82) is 0 Å². The Labute approximate surface area is 248 Å². The molecule has 0 spiro atoms. The van der Waals surface area contributed by atoms with Crippen molar-refractivity contribution in [3.05, 3.63) is 119 Å². The fourth-order valence-corrected chi connectivity index (χ4v) is 4.54. The molecule has 0 aromatic heterocycles. The molecule has 6 nitrogen and oxygen atoms in total. The molecule has 0 heterocycles. The summed E-state index contributed by atoms with van der Waals surface area (Å²) in [5.74, 6) is 0.299. The van der Waals surface area contributed by atoms with Gasteiger partial charge in [-0.2, -0.15) is 0 Å². The maximum Gasteiger partial charge on any atom is 0.338 e. The van der Waals surface area contributed by atoms with Gasteiger partial charge in [-0.3, -0.25) is 4.79 Å². The van der Waals surface area contributed by atoms with Crippen molar-refractivity contribution in [2.45, 2.75) is 39.0 Å². The van der Waals surface area contributed by atoms with Gasteiger partial charge in [0.05, 0.1) is 18.8 Å². The molecule has 0 fully saturated rings. The van der Waals surface area contributed by atoms with Crippen LogP contribution in [0.4, 0.5) is 11.4 Å². The lowest BCUT2D eigenvalue weighted by Crippen LogP contribution is -2.08. The topological polar surface area (TPSA) is 105 Å². The van der Waals surface area contributed by atoms with E-state index in [1.807, 2.05) is 54.6 Å². The first-order chi connectivity index (χ1) is 20.4. The van der Waals surface area contributed by atoms with Crippen LogP contribution in [0.3, 0.4) is 0 Å². The van der Waals surface area contributed by atoms with Crippen LogP contribution in [0.25, 0.3) is 17.2 Å². The fraction of sp³-hybridized carbons (Fsp3) is 0.222. The Bertz CT molecular complexity index is 1470. The van der Waals surface area contributed by atoms with Crippen LogP contribution in [0.5, 0.6) is 5.75 Å². The summed E-state index contributed by atoms with van der Waals surface area (Å²) in [5, 5.41) is 0. The van der Waals surface area contributed by atoms with Gasteiger partial charge in [0.2, 0.25) is 0 Å². The van der Waals surface area contributed by atoms with Crippen molar-refractivity contribution in [3.63, 3.8) is 0 Å². The standard InChI is InChI=1S/C36H38N2O4/c1-2-6-26-7-12-28(13-8-26)29-14-16-30(17-15-29)35(39)20-11-27-9-18-34(19-10-27)41-21-4-3-5-22-42-36(40)31-23-32(37)25-33(38)24-31/h7-20,23-25H,2-6,21-22,37-38H2,1H3. The first-order valence-electron chi connectivity index (χ1n) is 14.4. The minimum atomic E-state index is -0.428. The molecule has 4 N–H and O–H groups in total. The molecule has 0 saturated carbocycles. The maximum atomic E-state index is 12.7. The second kappa shape index (κ2) is 15.2. The van der Waals surface area contributed by atoms with Crippen molar-refractivity contribution in [3.8, 4) is 16.9 Å². The van der Waals surface area contributed by atoms with E-state index in [-0.39, 0.29) is 5.78 Å². The molecule has 0 amide bonds. The van der Waals surface area contributed by atoms with Crippen LogP contribution in [0.15, 0.2) is 97.1 Å². The lowest BCUT2D eigenvalue weighted by molar-refractivity contribution is 0.0497. The number of nitrogen functional groups attached to an aromatic ring is 2. The van der Waals surface area contributed by atoms with Gasteiger partial charge in [-0.25, -0.2) is 4.79 Å². The highest BCUT2D eigenvalue weighted by molar-refractivity contribution is 6.07. The number of hydrogen-bond donors (Lipinski definition) is 2. The molecular weight excluding hydrogens is 524 g/mol. The zero-order chi connectivity index (χ0) is 29.7. The lowest BCUT2D eigenvalue weighted by atomic mass is 10.00. The Hall–Kier alpha value is -4.84. The zero-order valence-electron chi connectivity index (χ0n) is 24.1. The van der Waals surface area contributed by atoms with E-state index in [4.69, 9.17) is 20.9 Å². The molecule has 42 heavy (non-hydrogen) atoms. The number of ether oxygens (including phenoxy) is 2. The molecule has 0 radical (unpaired) electrons. The third-order valence-corrected chi connectivity index (χ3v) is 6.81. The van der Waals surface area contributed by atoms with Crippen LogP contribution < -0.4 is 16.2 Å². The minimum Gasteiger partial charge on any atom is -0.494 e. The second-order valence-corrected chi connectivity index (χ2v) is 10.2. The van der Waals surface area contributed by atoms with Crippen LogP contribution >= 0.6 is 0 Å². The second-order valence-electron chi connectivity index (χ2n) is 10.2. The summed E-state index contributed by atoms with van der Waals surface area (Å²) in [4.78, 5) is 24.8. The van der Waals surface area contributed by atoms with Crippen molar-refractivity contribution >= 4 is 29.2 Å². The number of ketones is 1. The number of anilines is 2. The van der Waals surface area contributed by atoms with E-state index in [0.717, 1.165) is 54.5 Å². The molecular formula is C36H38N2O4. The van der Waals surface area contributed by atoms with E-state index in [0.29, 0.717) is 35.7 Å². The zero-order valence-corrected chi connectivity index (χ0v) is 24.1. The van der Waals surface area contributed by atoms with Crippen molar-refractivity contribution in [2.75, 3.05) is 24.7 Å². The molecule has 0 bridgehead atoms. The first kappa shape index (κ1) is 30.1. The van der Waals surface area contributed by atoms with Crippen LogP contribution in [-0.2, 0) is 11.2 Å². The smallest absolute Gasteiger partial charge is 0.338 e. The Kier molecular flexibility index (Phi) is 10.9. The van der Waals surface area contributed by atoms with Crippen LogP contribution in [0.2, 0.25) is 0 Å². The average molecular weight is 563 g/mol. The Balaban J connectivity index is 1.15. The predicted molar refractivity (Wildman–Crippen MR) is 171 cm³/mol. The SMILES string of the molecule is CCCc1ccc(-c2ccc(C(=O)C=Cc3ccc(OCCCCCOC(=O)c4cc(N)cc(N)c4)cc3)cc2)cc1. The van der Waals surface area contributed by atoms with E-state index >= 15 is 0 Å². The van der Waals surface area contributed by atoms with Crippen molar-refractivity contribution in [2.24, 2.45) is 0 Å². The molecule has 216 valence electrons. The minimum absolute atomic E-state index is 0.0390. The van der Waals surface area contributed by atoms with E-state index in [1.54, 1.807) is 24.3 Å². The van der Waals surface area contributed by atoms with E-state index < -0.39 is 5.97 Å². The molecule has 0 aliphatic carbocycles. The number of carbonyl (C=O) groups excluding carboxylic acids is 2. The number of rotatable bonds is 14. The molecule has 0 aliphatic rings. The molecule has 6 heteroatoms. The van der Waals surface area contributed by atoms with Crippen molar-refractivity contribution < 1.29 is 19.1 Å². The number of benzene rings is 4. The van der Waals surface area contributed by atoms with E-state index in [2.05, 4.69) is 31.2 Å². The summed E-state index contributed by atoms with van der Waals surface area (Å²) < 4.78 is 11.1. The molecule has 0 unspecified atom stereocenters.